The SMILES string of the molecule is CCCCCOc1ccc(C(F)(F)Cl)cc1. The summed E-state index contributed by atoms with van der Waals surface area (Å²) in [6.45, 7) is 2.72. The zero-order chi connectivity index (χ0) is 12.0. The summed E-state index contributed by atoms with van der Waals surface area (Å²) in [5.41, 5.74) is -0.213. The van der Waals surface area contributed by atoms with Gasteiger partial charge in [-0.15, -0.1) is 0 Å². The molecule has 0 heterocycles. The molecule has 0 aliphatic rings. The van der Waals surface area contributed by atoms with Crippen molar-refractivity contribution in [2.45, 2.75) is 31.6 Å². The lowest BCUT2D eigenvalue weighted by atomic mass is 10.2. The van der Waals surface area contributed by atoms with Crippen LogP contribution in [-0.2, 0) is 5.38 Å². The predicted molar refractivity (Wildman–Crippen MR) is 61.2 cm³/mol. The lowest BCUT2D eigenvalue weighted by Gasteiger charge is -2.09. The van der Waals surface area contributed by atoms with Gasteiger partial charge in [0.1, 0.15) is 5.75 Å². The first-order valence-corrected chi connectivity index (χ1v) is 5.72. The van der Waals surface area contributed by atoms with Crippen LogP contribution in [0.25, 0.3) is 0 Å². The van der Waals surface area contributed by atoms with Crippen molar-refractivity contribution < 1.29 is 13.5 Å². The van der Waals surface area contributed by atoms with Crippen LogP contribution in [0.15, 0.2) is 24.3 Å². The van der Waals surface area contributed by atoms with E-state index in [4.69, 9.17) is 16.3 Å². The minimum absolute atomic E-state index is 0.213. The van der Waals surface area contributed by atoms with Crippen molar-refractivity contribution in [1.29, 1.82) is 0 Å². The molecule has 0 aliphatic heterocycles. The van der Waals surface area contributed by atoms with Crippen LogP contribution in [0.4, 0.5) is 8.78 Å². The van der Waals surface area contributed by atoms with Gasteiger partial charge in [0.25, 0.3) is 0 Å². The van der Waals surface area contributed by atoms with E-state index in [2.05, 4.69) is 6.92 Å². The number of halogens is 3. The summed E-state index contributed by atoms with van der Waals surface area (Å²) in [6, 6.07) is 5.58. The minimum atomic E-state index is -3.30. The average Bonchev–Trinajstić information content (AvgIpc) is 2.24. The fraction of sp³-hybridized carbons (Fsp3) is 0.500. The number of rotatable bonds is 6. The Morgan fingerprint density at radius 2 is 1.81 bits per heavy atom. The van der Waals surface area contributed by atoms with Gasteiger partial charge in [-0.25, -0.2) is 0 Å². The topological polar surface area (TPSA) is 9.23 Å². The molecule has 0 spiro atoms. The number of ether oxygens (including phenoxy) is 1. The van der Waals surface area contributed by atoms with Gasteiger partial charge in [-0.05, 0) is 42.3 Å². The summed E-state index contributed by atoms with van der Waals surface area (Å²) in [5, 5.41) is -3.30. The highest BCUT2D eigenvalue weighted by atomic mass is 35.5. The first-order valence-electron chi connectivity index (χ1n) is 5.34. The zero-order valence-electron chi connectivity index (χ0n) is 9.18. The summed E-state index contributed by atoms with van der Waals surface area (Å²) in [6.07, 6.45) is 3.21. The van der Waals surface area contributed by atoms with Crippen molar-refractivity contribution in [2.75, 3.05) is 6.61 Å². The molecule has 4 heteroatoms. The van der Waals surface area contributed by atoms with Gasteiger partial charge < -0.3 is 4.74 Å². The van der Waals surface area contributed by atoms with Gasteiger partial charge in [0.15, 0.2) is 0 Å². The molecule has 0 radical (unpaired) electrons. The smallest absolute Gasteiger partial charge is 0.348 e. The molecule has 0 bridgehead atoms. The lowest BCUT2D eigenvalue weighted by Crippen LogP contribution is -2.03. The van der Waals surface area contributed by atoms with Crippen LogP contribution in [0.1, 0.15) is 31.7 Å². The third-order valence-electron chi connectivity index (χ3n) is 2.20. The fourth-order valence-corrected chi connectivity index (χ4v) is 1.41. The molecule has 0 aliphatic carbocycles. The van der Waals surface area contributed by atoms with Crippen molar-refractivity contribution in [1.82, 2.24) is 0 Å². The molecule has 1 aromatic carbocycles. The molecule has 1 aromatic rings. The first kappa shape index (κ1) is 13.2. The monoisotopic (exact) mass is 248 g/mol. The number of unbranched alkanes of at least 4 members (excludes halogenated alkanes) is 2. The molecule has 0 saturated heterocycles. The average molecular weight is 249 g/mol. The Hall–Kier alpha value is -0.830. The highest BCUT2D eigenvalue weighted by Gasteiger charge is 2.27. The molecule has 1 nitrogen and oxygen atoms in total. The van der Waals surface area contributed by atoms with Crippen molar-refractivity contribution in [3.63, 3.8) is 0 Å². The van der Waals surface area contributed by atoms with Crippen LogP contribution in [0.5, 0.6) is 5.75 Å². The van der Waals surface area contributed by atoms with Gasteiger partial charge in [0, 0.05) is 5.56 Å². The maximum atomic E-state index is 12.7. The van der Waals surface area contributed by atoms with E-state index in [1.54, 1.807) is 0 Å². The van der Waals surface area contributed by atoms with Crippen LogP contribution >= 0.6 is 11.6 Å². The van der Waals surface area contributed by atoms with E-state index in [1.165, 1.54) is 24.3 Å². The summed E-state index contributed by atoms with van der Waals surface area (Å²) >= 11 is 4.88. The highest BCUT2D eigenvalue weighted by Crippen LogP contribution is 2.32. The number of benzene rings is 1. The Balaban J connectivity index is 2.46. The van der Waals surface area contributed by atoms with E-state index in [0.29, 0.717) is 12.4 Å². The first-order chi connectivity index (χ1) is 7.54. The number of hydrogen-bond donors (Lipinski definition) is 0. The van der Waals surface area contributed by atoms with Crippen LogP contribution in [0.3, 0.4) is 0 Å². The number of hydrogen-bond acceptors (Lipinski definition) is 1. The van der Waals surface area contributed by atoms with Crippen molar-refractivity contribution in [2.24, 2.45) is 0 Å². The number of alkyl halides is 3. The normalized spacial score (nSPS) is 11.5. The molecular weight excluding hydrogens is 234 g/mol. The molecule has 90 valence electrons. The van der Waals surface area contributed by atoms with Crippen LogP contribution < -0.4 is 4.74 Å². The van der Waals surface area contributed by atoms with Gasteiger partial charge in [-0.3, -0.25) is 0 Å². The van der Waals surface area contributed by atoms with Gasteiger partial charge in [-0.2, -0.15) is 8.78 Å². The second-order valence-electron chi connectivity index (χ2n) is 3.58. The molecule has 0 N–H and O–H groups in total. The van der Waals surface area contributed by atoms with Crippen molar-refractivity contribution >= 4 is 11.6 Å². The van der Waals surface area contributed by atoms with Gasteiger partial charge in [-0.1, -0.05) is 19.8 Å². The Bertz CT molecular complexity index is 306. The second-order valence-corrected chi connectivity index (χ2v) is 4.05. The summed E-state index contributed by atoms with van der Waals surface area (Å²) in [5.74, 6) is 0.598. The van der Waals surface area contributed by atoms with E-state index in [-0.39, 0.29) is 5.56 Å². The van der Waals surface area contributed by atoms with Crippen LogP contribution in [0, 0.1) is 0 Å². The molecule has 16 heavy (non-hydrogen) atoms. The Morgan fingerprint density at radius 3 is 2.31 bits per heavy atom. The quantitative estimate of drug-likeness (QED) is 0.530. The van der Waals surface area contributed by atoms with Gasteiger partial charge in [0.05, 0.1) is 6.61 Å². The Labute approximate surface area is 99.4 Å². The largest absolute Gasteiger partial charge is 0.494 e. The zero-order valence-corrected chi connectivity index (χ0v) is 9.94. The third kappa shape index (κ3) is 4.35. The fourth-order valence-electron chi connectivity index (χ4n) is 1.28. The van der Waals surface area contributed by atoms with E-state index in [1.807, 2.05) is 0 Å². The van der Waals surface area contributed by atoms with Gasteiger partial charge >= 0.3 is 5.38 Å². The predicted octanol–water partition coefficient (Wildman–Crippen LogP) is 4.54. The minimum Gasteiger partial charge on any atom is -0.494 e. The molecular formula is C12H15ClF2O. The maximum absolute atomic E-state index is 12.7. The maximum Gasteiger partial charge on any atom is 0.348 e. The lowest BCUT2D eigenvalue weighted by molar-refractivity contribution is 0.0950. The van der Waals surface area contributed by atoms with Gasteiger partial charge in [0.2, 0.25) is 0 Å². The second kappa shape index (κ2) is 6.04. The molecule has 0 aromatic heterocycles. The standard InChI is InChI=1S/C12H15ClF2O/c1-2-3-4-9-16-11-7-5-10(6-8-11)12(13,14)15/h5-8H,2-4,9H2,1H3. The van der Waals surface area contributed by atoms with Crippen LogP contribution in [-0.4, -0.2) is 6.61 Å². The molecule has 0 fully saturated rings. The molecule has 0 atom stereocenters. The molecule has 0 amide bonds. The van der Waals surface area contributed by atoms with Crippen molar-refractivity contribution in [3.8, 4) is 5.75 Å². The van der Waals surface area contributed by atoms with E-state index >= 15 is 0 Å². The molecule has 0 unspecified atom stereocenters. The molecule has 1 rings (SSSR count). The highest BCUT2D eigenvalue weighted by molar-refractivity contribution is 6.21. The van der Waals surface area contributed by atoms with Crippen molar-refractivity contribution in [3.05, 3.63) is 29.8 Å². The van der Waals surface area contributed by atoms with E-state index in [9.17, 15) is 8.78 Å². The molecule has 0 saturated carbocycles. The Kier molecular flexibility index (Phi) is 5.00. The van der Waals surface area contributed by atoms with Crippen LogP contribution in [0.2, 0.25) is 0 Å². The van der Waals surface area contributed by atoms with E-state index < -0.39 is 5.38 Å². The summed E-state index contributed by atoms with van der Waals surface area (Å²) < 4.78 is 30.7. The van der Waals surface area contributed by atoms with E-state index in [0.717, 1.165) is 19.3 Å². The third-order valence-corrected chi connectivity index (χ3v) is 2.42. The summed E-state index contributed by atoms with van der Waals surface area (Å²) in [7, 11) is 0. The summed E-state index contributed by atoms with van der Waals surface area (Å²) in [4.78, 5) is 0. The Morgan fingerprint density at radius 1 is 1.19 bits per heavy atom.